The normalized spacial score (nSPS) is 39.1. The lowest BCUT2D eigenvalue weighted by atomic mass is 9.49. The summed E-state index contributed by atoms with van der Waals surface area (Å²) >= 11 is 0. The van der Waals surface area contributed by atoms with Gasteiger partial charge in [-0.1, -0.05) is 19.9 Å². The molecule has 5 heteroatoms. The van der Waals surface area contributed by atoms with E-state index in [1.807, 2.05) is 6.20 Å². The minimum Gasteiger partial charge on any atom is -0.480 e. The predicted molar refractivity (Wildman–Crippen MR) is 105 cm³/mol. The minimum atomic E-state index is -0.0655. The van der Waals surface area contributed by atoms with Crippen molar-refractivity contribution in [2.45, 2.75) is 52.4 Å². The molecule has 0 amide bonds. The highest BCUT2D eigenvalue weighted by atomic mass is 16.5. The molecule has 5 atom stereocenters. The van der Waals surface area contributed by atoms with Crippen molar-refractivity contribution in [3.63, 3.8) is 0 Å². The SMILES string of the molecule is COc1cncc(C2=CC[C@H]3[C@@H]4CC=C5OC(=O)CC[C@]5(C)[C@H]4CC[C@]23C)n1. The number of allylic oxidation sites excluding steroid dienone is 4. The molecule has 0 bridgehead atoms. The number of rotatable bonds is 2. The first kappa shape index (κ1) is 17.9. The third-order valence-corrected chi connectivity index (χ3v) is 8.14. The van der Waals surface area contributed by atoms with Gasteiger partial charge in [0, 0.05) is 11.8 Å². The summed E-state index contributed by atoms with van der Waals surface area (Å²) in [6.45, 7) is 4.73. The number of carbonyl (C=O) groups excluding carboxylic acids is 1. The molecule has 5 nitrogen and oxygen atoms in total. The summed E-state index contributed by atoms with van der Waals surface area (Å²) in [6.07, 6.45) is 14.0. The van der Waals surface area contributed by atoms with E-state index in [4.69, 9.17) is 9.47 Å². The second kappa shape index (κ2) is 6.16. The van der Waals surface area contributed by atoms with E-state index in [0.29, 0.717) is 30.1 Å². The van der Waals surface area contributed by atoms with Crippen LogP contribution in [0.3, 0.4) is 0 Å². The van der Waals surface area contributed by atoms with Crippen LogP contribution in [0, 0.1) is 28.6 Å². The Hall–Kier alpha value is -2.17. The lowest BCUT2D eigenvalue weighted by Crippen LogP contribution is -2.50. The number of fused-ring (bicyclic) bond motifs is 5. The van der Waals surface area contributed by atoms with Crippen LogP contribution in [0.2, 0.25) is 0 Å². The Morgan fingerprint density at radius 3 is 2.79 bits per heavy atom. The van der Waals surface area contributed by atoms with Crippen molar-refractivity contribution in [2.24, 2.45) is 28.6 Å². The molecule has 1 aromatic heterocycles. The molecule has 4 aliphatic rings. The third kappa shape index (κ3) is 2.41. The van der Waals surface area contributed by atoms with Crippen LogP contribution in [0.4, 0.5) is 0 Å². The van der Waals surface area contributed by atoms with Crippen LogP contribution in [-0.4, -0.2) is 23.0 Å². The number of carbonyl (C=O) groups is 1. The second-order valence-electron chi connectivity index (χ2n) is 9.33. The van der Waals surface area contributed by atoms with Crippen molar-refractivity contribution in [3.8, 4) is 5.88 Å². The van der Waals surface area contributed by atoms with Crippen LogP contribution in [0.1, 0.15) is 58.1 Å². The number of ether oxygens (including phenoxy) is 2. The molecule has 0 aromatic carbocycles. The average molecular weight is 380 g/mol. The lowest BCUT2D eigenvalue weighted by Gasteiger charge is -2.56. The van der Waals surface area contributed by atoms with Crippen LogP contribution in [0.15, 0.2) is 30.3 Å². The van der Waals surface area contributed by atoms with Crippen molar-refractivity contribution in [2.75, 3.05) is 7.11 Å². The van der Waals surface area contributed by atoms with E-state index in [1.54, 1.807) is 13.3 Å². The molecule has 1 aliphatic heterocycles. The van der Waals surface area contributed by atoms with Gasteiger partial charge in [0.15, 0.2) is 0 Å². The van der Waals surface area contributed by atoms with E-state index >= 15 is 0 Å². The maximum Gasteiger partial charge on any atom is 0.310 e. The molecule has 28 heavy (non-hydrogen) atoms. The molecule has 3 aliphatic carbocycles. The minimum absolute atomic E-state index is 0.0106. The van der Waals surface area contributed by atoms with Gasteiger partial charge in [0.05, 0.1) is 25.2 Å². The Kier molecular flexibility index (Phi) is 3.94. The van der Waals surface area contributed by atoms with Crippen molar-refractivity contribution in [3.05, 3.63) is 36.0 Å². The molecular formula is C23H28N2O3. The fraction of sp³-hybridized carbons (Fsp3) is 0.609. The summed E-state index contributed by atoms with van der Waals surface area (Å²) < 4.78 is 11.0. The summed E-state index contributed by atoms with van der Waals surface area (Å²) in [7, 11) is 1.64. The summed E-state index contributed by atoms with van der Waals surface area (Å²) in [5.74, 6) is 3.25. The Balaban J connectivity index is 1.47. The Labute approximate surface area is 166 Å². The van der Waals surface area contributed by atoms with Crippen molar-refractivity contribution in [1.29, 1.82) is 0 Å². The lowest BCUT2D eigenvalue weighted by molar-refractivity contribution is -0.151. The van der Waals surface area contributed by atoms with Gasteiger partial charge in [-0.2, -0.15) is 0 Å². The highest BCUT2D eigenvalue weighted by molar-refractivity contribution is 5.73. The molecule has 5 rings (SSSR count). The largest absolute Gasteiger partial charge is 0.480 e. The highest BCUT2D eigenvalue weighted by Gasteiger charge is 2.57. The van der Waals surface area contributed by atoms with E-state index in [0.717, 1.165) is 43.6 Å². The van der Waals surface area contributed by atoms with Gasteiger partial charge in [-0.15, -0.1) is 0 Å². The van der Waals surface area contributed by atoms with E-state index in [9.17, 15) is 4.79 Å². The molecule has 148 valence electrons. The van der Waals surface area contributed by atoms with Gasteiger partial charge in [0.1, 0.15) is 5.76 Å². The van der Waals surface area contributed by atoms with Crippen molar-refractivity contribution in [1.82, 2.24) is 9.97 Å². The molecule has 1 aromatic rings. The summed E-state index contributed by atoms with van der Waals surface area (Å²) in [4.78, 5) is 20.8. The molecule has 0 spiro atoms. The van der Waals surface area contributed by atoms with E-state index < -0.39 is 0 Å². The zero-order valence-electron chi connectivity index (χ0n) is 16.9. The van der Waals surface area contributed by atoms with Crippen LogP contribution < -0.4 is 4.74 Å². The molecular weight excluding hydrogens is 352 g/mol. The van der Waals surface area contributed by atoms with Gasteiger partial charge in [-0.3, -0.25) is 9.78 Å². The van der Waals surface area contributed by atoms with Crippen molar-refractivity contribution < 1.29 is 14.3 Å². The maximum atomic E-state index is 11.8. The van der Waals surface area contributed by atoms with Crippen LogP contribution in [0.25, 0.3) is 5.57 Å². The van der Waals surface area contributed by atoms with E-state index in [2.05, 4.69) is 36.0 Å². The van der Waals surface area contributed by atoms with Gasteiger partial charge in [0.25, 0.3) is 0 Å². The predicted octanol–water partition coefficient (Wildman–Crippen LogP) is 4.55. The molecule has 1 saturated heterocycles. The van der Waals surface area contributed by atoms with Gasteiger partial charge in [-0.25, -0.2) is 4.98 Å². The second-order valence-corrected chi connectivity index (χ2v) is 9.33. The summed E-state index contributed by atoms with van der Waals surface area (Å²) in [6, 6.07) is 0. The molecule has 2 fully saturated rings. The average Bonchev–Trinajstić information content (AvgIpc) is 3.06. The third-order valence-electron chi connectivity index (χ3n) is 8.14. The van der Waals surface area contributed by atoms with Crippen LogP contribution >= 0.6 is 0 Å². The highest BCUT2D eigenvalue weighted by Crippen LogP contribution is 2.65. The molecule has 0 radical (unpaired) electrons. The van der Waals surface area contributed by atoms with E-state index in [1.165, 1.54) is 5.57 Å². The van der Waals surface area contributed by atoms with Gasteiger partial charge >= 0.3 is 5.97 Å². The smallest absolute Gasteiger partial charge is 0.310 e. The fourth-order valence-electron chi connectivity index (χ4n) is 6.61. The number of esters is 1. The first-order valence-electron chi connectivity index (χ1n) is 10.4. The van der Waals surface area contributed by atoms with Crippen molar-refractivity contribution >= 4 is 11.5 Å². The molecule has 0 N–H and O–H groups in total. The van der Waals surface area contributed by atoms with E-state index in [-0.39, 0.29) is 16.8 Å². The monoisotopic (exact) mass is 380 g/mol. The first-order chi connectivity index (χ1) is 13.5. The molecule has 2 heterocycles. The van der Waals surface area contributed by atoms with Gasteiger partial charge < -0.3 is 9.47 Å². The zero-order valence-corrected chi connectivity index (χ0v) is 16.9. The van der Waals surface area contributed by atoms with Crippen LogP contribution in [0.5, 0.6) is 5.88 Å². The zero-order chi connectivity index (χ0) is 19.5. The molecule has 0 unspecified atom stereocenters. The van der Waals surface area contributed by atoms with Crippen LogP contribution in [-0.2, 0) is 9.53 Å². The topological polar surface area (TPSA) is 61.3 Å². The van der Waals surface area contributed by atoms with Gasteiger partial charge in [-0.05, 0) is 66.9 Å². The maximum absolute atomic E-state index is 11.8. The summed E-state index contributed by atoms with van der Waals surface area (Å²) in [5.41, 5.74) is 2.41. The van der Waals surface area contributed by atoms with Gasteiger partial charge in [0.2, 0.25) is 5.88 Å². The number of aromatic nitrogens is 2. The first-order valence-corrected chi connectivity index (χ1v) is 10.4. The Bertz CT molecular complexity index is 892. The molecule has 1 saturated carbocycles. The number of hydrogen-bond acceptors (Lipinski definition) is 5. The number of hydrogen-bond donors (Lipinski definition) is 0. The standard InChI is InChI=1S/C23H28N2O3/c1-22-10-8-16-14(4-7-19-23(16,2)11-9-21(26)28-19)15(22)5-6-17(22)18-12-24-13-20(25-18)27-3/h6-7,12-16H,4-5,8-11H2,1-3H3/t14-,15-,16-,22-,23+/m0/s1. The fourth-order valence-corrected chi connectivity index (χ4v) is 6.61. The Morgan fingerprint density at radius 1 is 1.11 bits per heavy atom. The summed E-state index contributed by atoms with van der Waals surface area (Å²) in [5, 5.41) is 0. The number of nitrogens with zero attached hydrogens (tertiary/aromatic N) is 2. The number of methoxy groups -OCH3 is 1. The quantitative estimate of drug-likeness (QED) is 0.704. The Morgan fingerprint density at radius 2 is 1.96 bits per heavy atom.